The molecule has 2 aromatic rings. The third kappa shape index (κ3) is 15.1. The summed E-state index contributed by atoms with van der Waals surface area (Å²) in [6, 6.07) is 10.8. The van der Waals surface area contributed by atoms with Crippen LogP contribution in [-0.2, 0) is 11.3 Å². The molecular weight excluding hydrogens is 562 g/mol. The summed E-state index contributed by atoms with van der Waals surface area (Å²) in [6.07, 6.45) is 19.3. The Hall–Kier alpha value is -2.36. The van der Waals surface area contributed by atoms with Crippen LogP contribution in [0.4, 0.5) is 5.69 Å². The molecule has 0 unspecified atom stereocenters. The molecule has 0 fully saturated rings. The number of carbonyl (C=O) groups is 1. The number of nitro groups is 1. The van der Waals surface area contributed by atoms with Gasteiger partial charge in [-0.1, -0.05) is 70.3 Å². The molecule has 39 heavy (non-hydrogen) atoms. The van der Waals surface area contributed by atoms with E-state index in [1.165, 1.54) is 88.5 Å². The van der Waals surface area contributed by atoms with Gasteiger partial charge in [0.05, 0.1) is 17.6 Å². The van der Waals surface area contributed by atoms with Crippen LogP contribution in [0.15, 0.2) is 54.9 Å². The van der Waals surface area contributed by atoms with Crippen molar-refractivity contribution in [3.05, 3.63) is 70.5 Å². The first kappa shape index (κ1) is 34.7. The van der Waals surface area contributed by atoms with Gasteiger partial charge in [0.15, 0.2) is 12.4 Å². The molecule has 218 valence electrons. The van der Waals surface area contributed by atoms with Crippen molar-refractivity contribution in [2.75, 3.05) is 6.61 Å². The number of aromatic nitrogens is 1. The molecule has 0 bridgehead atoms. The van der Waals surface area contributed by atoms with Crippen LogP contribution in [0.3, 0.4) is 0 Å². The zero-order chi connectivity index (χ0) is 27.4. The number of amides is 1. The summed E-state index contributed by atoms with van der Waals surface area (Å²) in [5.74, 6) is -0.205. The molecule has 0 aliphatic heterocycles. The third-order valence-corrected chi connectivity index (χ3v) is 6.97. The summed E-state index contributed by atoms with van der Waals surface area (Å²) in [7, 11) is 0. The van der Waals surface area contributed by atoms with Gasteiger partial charge in [-0.3, -0.25) is 14.9 Å². The van der Waals surface area contributed by atoms with E-state index in [2.05, 4.69) is 40.5 Å². The van der Waals surface area contributed by atoms with Gasteiger partial charge in [-0.15, -0.1) is 0 Å². The van der Waals surface area contributed by atoms with Gasteiger partial charge >= 0.3 is 0 Å². The van der Waals surface area contributed by atoms with Crippen molar-refractivity contribution < 1.29 is 41.5 Å². The Morgan fingerprint density at radius 3 is 1.79 bits per heavy atom. The van der Waals surface area contributed by atoms with Gasteiger partial charge in [0, 0.05) is 37.1 Å². The lowest BCUT2D eigenvalue weighted by molar-refractivity contribution is -0.697. The Bertz CT molecular complexity index is 915. The van der Waals surface area contributed by atoms with E-state index in [0.29, 0.717) is 12.0 Å². The topological polar surface area (TPSA) is 117 Å². The predicted octanol–water partition coefficient (Wildman–Crippen LogP) is 2.56. The average molecular weight is 609 g/mol. The molecule has 1 heterocycles. The fraction of sp³-hybridized carbons (Fsp3) is 0.600. The van der Waals surface area contributed by atoms with E-state index in [1.807, 2.05) is 0 Å². The molecule has 0 aliphatic rings. The van der Waals surface area contributed by atoms with E-state index in [0.717, 1.165) is 25.8 Å². The van der Waals surface area contributed by atoms with Gasteiger partial charge in [-0.2, -0.15) is 0 Å². The summed E-state index contributed by atoms with van der Waals surface area (Å²) < 4.78 is 2.25. The van der Waals surface area contributed by atoms with Crippen molar-refractivity contribution in [3.63, 3.8) is 0 Å². The van der Waals surface area contributed by atoms with Crippen LogP contribution in [0, 0.1) is 10.1 Å². The monoisotopic (exact) mass is 607 g/mol. The van der Waals surface area contributed by atoms with Crippen molar-refractivity contribution in [1.82, 2.24) is 5.32 Å². The Balaban J connectivity index is 0.00000760. The predicted molar refractivity (Wildman–Crippen MR) is 148 cm³/mol. The largest absolute Gasteiger partial charge is 1.00 e. The number of halogens is 1. The fourth-order valence-electron chi connectivity index (χ4n) is 4.64. The Labute approximate surface area is 243 Å². The standard InChI is InChI=1S/C30H45N3O5.BrH/c34-25-28(30(36)26-18-20-27(21-19-26)33(37)38)31-29(35)17-13-10-8-6-4-2-1-3-5-7-9-11-14-22-32-23-15-12-16-24-32;/h12,15-16,18-21,23-24,28,30,34,36H,1-11,13-14,17,22,25H2;1H/t28-,30+;/m1./s1. The first-order chi connectivity index (χ1) is 18.5. The summed E-state index contributed by atoms with van der Waals surface area (Å²) >= 11 is 0. The lowest BCUT2D eigenvalue weighted by atomic mass is 10.0. The molecule has 2 atom stereocenters. The van der Waals surface area contributed by atoms with Crippen molar-refractivity contribution in [1.29, 1.82) is 0 Å². The van der Waals surface area contributed by atoms with Gasteiger partial charge in [-0.05, 0) is 30.5 Å². The van der Waals surface area contributed by atoms with Crippen molar-refractivity contribution >= 4 is 11.6 Å². The van der Waals surface area contributed by atoms with Gasteiger partial charge in [0.2, 0.25) is 5.91 Å². The Morgan fingerprint density at radius 2 is 1.31 bits per heavy atom. The molecule has 2 rings (SSSR count). The number of nitro benzene ring substituents is 1. The van der Waals surface area contributed by atoms with E-state index < -0.39 is 23.7 Å². The molecule has 0 radical (unpaired) electrons. The maximum atomic E-state index is 12.3. The number of hydrogen-bond acceptors (Lipinski definition) is 5. The molecule has 0 spiro atoms. The Morgan fingerprint density at radius 1 is 0.821 bits per heavy atom. The summed E-state index contributed by atoms with van der Waals surface area (Å²) in [5.41, 5.74) is 0.332. The minimum atomic E-state index is -1.14. The van der Waals surface area contributed by atoms with E-state index in [1.54, 1.807) is 0 Å². The van der Waals surface area contributed by atoms with Gasteiger partial charge in [0.1, 0.15) is 12.6 Å². The molecule has 9 heteroatoms. The number of aliphatic hydroxyl groups is 2. The average Bonchev–Trinajstić information content (AvgIpc) is 2.94. The second-order valence-electron chi connectivity index (χ2n) is 10.1. The number of aryl methyl sites for hydroxylation is 1. The summed E-state index contributed by atoms with van der Waals surface area (Å²) in [6.45, 7) is 0.694. The molecular formula is C30H46BrN3O5. The number of aliphatic hydroxyl groups excluding tert-OH is 2. The second-order valence-corrected chi connectivity index (χ2v) is 10.1. The van der Waals surface area contributed by atoms with E-state index in [-0.39, 0.29) is 28.6 Å². The number of nitrogens with one attached hydrogen (secondary N) is 1. The van der Waals surface area contributed by atoms with Crippen LogP contribution in [-0.4, -0.2) is 33.7 Å². The Kier molecular flexibility index (Phi) is 19.1. The molecule has 8 nitrogen and oxygen atoms in total. The van der Waals surface area contributed by atoms with E-state index >= 15 is 0 Å². The van der Waals surface area contributed by atoms with Crippen LogP contribution in [0.5, 0.6) is 0 Å². The lowest BCUT2D eigenvalue weighted by Crippen LogP contribution is -3.00. The van der Waals surface area contributed by atoms with Crippen LogP contribution in [0.25, 0.3) is 0 Å². The van der Waals surface area contributed by atoms with Gasteiger partial charge in [-0.25, -0.2) is 4.57 Å². The fourth-order valence-corrected chi connectivity index (χ4v) is 4.64. The van der Waals surface area contributed by atoms with Gasteiger partial charge < -0.3 is 32.5 Å². The highest BCUT2D eigenvalue weighted by molar-refractivity contribution is 5.76. The SMILES string of the molecule is O=C(CCCCCCCCCCCCCCC[n+]1ccccc1)N[C@H](CO)[C@@H](O)c1ccc([N+](=O)[O-])cc1.[Br-]. The minimum absolute atomic E-state index is 0. The summed E-state index contributed by atoms with van der Waals surface area (Å²) in [4.78, 5) is 22.5. The van der Waals surface area contributed by atoms with Crippen molar-refractivity contribution in [3.8, 4) is 0 Å². The number of rotatable bonds is 21. The van der Waals surface area contributed by atoms with Crippen LogP contribution >= 0.6 is 0 Å². The molecule has 0 saturated heterocycles. The number of unbranched alkanes of at least 4 members (excludes halogenated alkanes) is 12. The highest BCUT2D eigenvalue weighted by Crippen LogP contribution is 2.21. The number of pyridine rings is 1. The quantitative estimate of drug-likeness (QED) is 0.0873. The normalized spacial score (nSPS) is 12.4. The first-order valence-corrected chi connectivity index (χ1v) is 14.3. The third-order valence-electron chi connectivity index (χ3n) is 6.97. The maximum absolute atomic E-state index is 12.3. The second kappa shape index (κ2) is 21.5. The van der Waals surface area contributed by atoms with Crippen molar-refractivity contribution in [2.45, 2.75) is 109 Å². The molecule has 1 aromatic carbocycles. The lowest BCUT2D eigenvalue weighted by Gasteiger charge is -2.22. The number of carbonyl (C=O) groups excluding carboxylic acids is 1. The van der Waals surface area contributed by atoms with E-state index in [4.69, 9.17) is 0 Å². The zero-order valence-electron chi connectivity index (χ0n) is 23.1. The minimum Gasteiger partial charge on any atom is -1.00 e. The number of non-ortho nitro benzene ring substituents is 1. The summed E-state index contributed by atoms with van der Waals surface area (Å²) in [5, 5.41) is 33.5. The van der Waals surface area contributed by atoms with Crippen LogP contribution in [0.1, 0.15) is 102 Å². The van der Waals surface area contributed by atoms with Crippen molar-refractivity contribution in [2.24, 2.45) is 0 Å². The van der Waals surface area contributed by atoms with Gasteiger partial charge in [0.25, 0.3) is 5.69 Å². The molecule has 0 saturated carbocycles. The first-order valence-electron chi connectivity index (χ1n) is 14.3. The maximum Gasteiger partial charge on any atom is 0.269 e. The molecule has 1 amide bonds. The molecule has 0 aliphatic carbocycles. The van der Waals surface area contributed by atoms with Crippen LogP contribution in [0.2, 0.25) is 0 Å². The highest BCUT2D eigenvalue weighted by atomic mass is 79.9. The molecule has 1 aromatic heterocycles. The number of nitrogens with zero attached hydrogens (tertiary/aromatic N) is 2. The van der Waals surface area contributed by atoms with Crippen LogP contribution < -0.4 is 26.9 Å². The number of hydrogen-bond donors (Lipinski definition) is 3. The highest BCUT2D eigenvalue weighted by Gasteiger charge is 2.22. The molecule has 3 N–H and O–H groups in total. The van der Waals surface area contributed by atoms with E-state index in [9.17, 15) is 25.1 Å². The smallest absolute Gasteiger partial charge is 0.269 e. The zero-order valence-corrected chi connectivity index (χ0v) is 24.6. The number of benzene rings is 1.